The molecule has 0 amide bonds. The summed E-state index contributed by atoms with van der Waals surface area (Å²) < 4.78 is 18.3. The summed E-state index contributed by atoms with van der Waals surface area (Å²) in [5, 5.41) is 0. The van der Waals surface area contributed by atoms with Crippen molar-refractivity contribution < 1.29 is 9.13 Å². The monoisotopic (exact) mass is 218 g/mol. The summed E-state index contributed by atoms with van der Waals surface area (Å²) in [7, 11) is 0. The maximum Gasteiger partial charge on any atom is 0.166 e. The van der Waals surface area contributed by atoms with Crippen molar-refractivity contribution in [1.82, 2.24) is 4.98 Å². The first kappa shape index (κ1) is 10.4. The highest BCUT2D eigenvalue weighted by atomic mass is 19.1. The summed E-state index contributed by atoms with van der Waals surface area (Å²) in [6.07, 6.45) is 1.59. The summed E-state index contributed by atoms with van der Waals surface area (Å²) in [5.41, 5.74) is 6.36. The van der Waals surface area contributed by atoms with Gasteiger partial charge in [-0.3, -0.25) is 0 Å². The van der Waals surface area contributed by atoms with Gasteiger partial charge in [-0.2, -0.15) is 0 Å². The van der Waals surface area contributed by atoms with E-state index in [2.05, 4.69) is 4.98 Å². The van der Waals surface area contributed by atoms with E-state index in [1.165, 1.54) is 12.1 Å². The molecule has 0 fully saturated rings. The van der Waals surface area contributed by atoms with E-state index in [-0.39, 0.29) is 12.4 Å². The van der Waals surface area contributed by atoms with Crippen molar-refractivity contribution in [2.24, 2.45) is 0 Å². The summed E-state index contributed by atoms with van der Waals surface area (Å²) in [4.78, 5) is 3.89. The molecule has 1 aromatic carbocycles. The lowest BCUT2D eigenvalue weighted by Gasteiger charge is -2.07. The van der Waals surface area contributed by atoms with Gasteiger partial charge in [0.1, 0.15) is 12.4 Å². The highest BCUT2D eigenvalue weighted by Gasteiger charge is 2.01. The second-order valence-corrected chi connectivity index (χ2v) is 3.31. The molecular weight excluding hydrogens is 207 g/mol. The van der Waals surface area contributed by atoms with Crippen LogP contribution in [0.5, 0.6) is 5.75 Å². The number of rotatable bonds is 3. The van der Waals surface area contributed by atoms with E-state index < -0.39 is 0 Å². The number of nitrogens with zero attached hydrogens (tertiary/aromatic N) is 1. The second-order valence-electron chi connectivity index (χ2n) is 3.31. The van der Waals surface area contributed by atoms with Crippen LogP contribution in [0.2, 0.25) is 0 Å². The van der Waals surface area contributed by atoms with Gasteiger partial charge in [-0.1, -0.05) is 12.1 Å². The first-order chi connectivity index (χ1) is 7.75. The van der Waals surface area contributed by atoms with Gasteiger partial charge in [0.25, 0.3) is 0 Å². The molecule has 4 heteroatoms. The van der Waals surface area contributed by atoms with E-state index in [0.29, 0.717) is 11.6 Å². The normalized spacial score (nSPS) is 10.1. The third-order valence-corrected chi connectivity index (χ3v) is 2.08. The van der Waals surface area contributed by atoms with Crippen LogP contribution in [0.4, 0.5) is 10.2 Å². The SMILES string of the molecule is Nc1ncccc1OCc1cccc(F)c1. The van der Waals surface area contributed by atoms with Gasteiger partial charge in [0.15, 0.2) is 11.6 Å². The van der Waals surface area contributed by atoms with Gasteiger partial charge >= 0.3 is 0 Å². The Labute approximate surface area is 92.7 Å². The van der Waals surface area contributed by atoms with Crippen molar-refractivity contribution in [3.8, 4) is 5.75 Å². The van der Waals surface area contributed by atoms with Crippen LogP contribution in [0.3, 0.4) is 0 Å². The molecule has 0 aliphatic heterocycles. The fourth-order valence-electron chi connectivity index (χ4n) is 1.31. The van der Waals surface area contributed by atoms with Gasteiger partial charge < -0.3 is 10.5 Å². The zero-order valence-corrected chi connectivity index (χ0v) is 8.56. The maximum atomic E-state index is 12.9. The van der Waals surface area contributed by atoms with Crippen LogP contribution in [0.15, 0.2) is 42.6 Å². The minimum Gasteiger partial charge on any atom is -0.485 e. The molecule has 0 spiro atoms. The number of anilines is 1. The van der Waals surface area contributed by atoms with Gasteiger partial charge in [-0.05, 0) is 29.8 Å². The van der Waals surface area contributed by atoms with Crippen LogP contribution in [0.1, 0.15) is 5.56 Å². The van der Waals surface area contributed by atoms with Crippen LogP contribution in [-0.4, -0.2) is 4.98 Å². The maximum absolute atomic E-state index is 12.9. The zero-order chi connectivity index (χ0) is 11.4. The van der Waals surface area contributed by atoms with Gasteiger partial charge in [0.2, 0.25) is 0 Å². The Morgan fingerprint density at radius 1 is 1.25 bits per heavy atom. The number of hydrogen-bond acceptors (Lipinski definition) is 3. The third kappa shape index (κ3) is 2.48. The number of nitrogen functional groups attached to an aromatic ring is 1. The smallest absolute Gasteiger partial charge is 0.166 e. The number of hydrogen-bond donors (Lipinski definition) is 1. The molecule has 0 unspecified atom stereocenters. The Balaban J connectivity index is 2.05. The van der Waals surface area contributed by atoms with Crippen LogP contribution < -0.4 is 10.5 Å². The fourth-order valence-corrected chi connectivity index (χ4v) is 1.31. The van der Waals surface area contributed by atoms with Crippen LogP contribution in [0, 0.1) is 5.82 Å². The van der Waals surface area contributed by atoms with Crippen LogP contribution in [0.25, 0.3) is 0 Å². The van der Waals surface area contributed by atoms with Crippen molar-refractivity contribution in [1.29, 1.82) is 0 Å². The Morgan fingerprint density at radius 2 is 2.12 bits per heavy atom. The second kappa shape index (κ2) is 4.61. The standard InChI is InChI=1S/C12H11FN2O/c13-10-4-1-3-9(7-10)8-16-11-5-2-6-15-12(11)14/h1-7H,8H2,(H2,14,15). The molecule has 0 aliphatic carbocycles. The van der Waals surface area contributed by atoms with E-state index >= 15 is 0 Å². The molecule has 0 saturated carbocycles. The van der Waals surface area contributed by atoms with Gasteiger partial charge in [0, 0.05) is 6.20 Å². The lowest BCUT2D eigenvalue weighted by Crippen LogP contribution is -2.00. The van der Waals surface area contributed by atoms with Crippen molar-refractivity contribution in [2.75, 3.05) is 5.73 Å². The Kier molecular flexibility index (Phi) is 3.00. The number of halogens is 1. The lowest BCUT2D eigenvalue weighted by atomic mass is 10.2. The molecule has 82 valence electrons. The molecule has 0 bridgehead atoms. The highest BCUT2D eigenvalue weighted by Crippen LogP contribution is 2.18. The number of nitrogens with two attached hydrogens (primary N) is 1. The van der Waals surface area contributed by atoms with E-state index in [9.17, 15) is 4.39 Å². The minimum atomic E-state index is -0.278. The average Bonchev–Trinajstić information content (AvgIpc) is 2.28. The average molecular weight is 218 g/mol. The molecule has 0 radical (unpaired) electrons. The molecule has 1 aromatic heterocycles. The molecule has 2 aromatic rings. The van der Waals surface area contributed by atoms with Crippen LogP contribution in [-0.2, 0) is 6.61 Å². The van der Waals surface area contributed by atoms with Crippen molar-refractivity contribution in [3.05, 3.63) is 54.0 Å². The van der Waals surface area contributed by atoms with Crippen LogP contribution >= 0.6 is 0 Å². The molecule has 1 heterocycles. The zero-order valence-electron chi connectivity index (χ0n) is 8.56. The molecule has 0 aliphatic rings. The number of benzene rings is 1. The topological polar surface area (TPSA) is 48.1 Å². The van der Waals surface area contributed by atoms with Gasteiger partial charge in [-0.15, -0.1) is 0 Å². The third-order valence-electron chi connectivity index (χ3n) is 2.08. The number of aromatic nitrogens is 1. The number of pyridine rings is 1. The van der Waals surface area contributed by atoms with Crippen molar-refractivity contribution in [2.45, 2.75) is 6.61 Å². The largest absolute Gasteiger partial charge is 0.485 e. The molecule has 2 rings (SSSR count). The number of ether oxygens (including phenoxy) is 1. The Morgan fingerprint density at radius 3 is 2.88 bits per heavy atom. The van der Waals surface area contributed by atoms with E-state index in [4.69, 9.17) is 10.5 Å². The van der Waals surface area contributed by atoms with Crippen molar-refractivity contribution >= 4 is 5.82 Å². The van der Waals surface area contributed by atoms with E-state index in [1.54, 1.807) is 30.5 Å². The Bertz CT molecular complexity index is 488. The van der Waals surface area contributed by atoms with Gasteiger partial charge in [0.05, 0.1) is 0 Å². The van der Waals surface area contributed by atoms with Gasteiger partial charge in [-0.25, -0.2) is 9.37 Å². The lowest BCUT2D eigenvalue weighted by molar-refractivity contribution is 0.306. The molecule has 3 nitrogen and oxygen atoms in total. The fraction of sp³-hybridized carbons (Fsp3) is 0.0833. The molecular formula is C12H11FN2O. The summed E-state index contributed by atoms with van der Waals surface area (Å²) in [5.74, 6) is 0.561. The van der Waals surface area contributed by atoms with E-state index in [1.807, 2.05) is 0 Å². The molecule has 0 atom stereocenters. The quantitative estimate of drug-likeness (QED) is 0.860. The minimum absolute atomic E-state index is 0.271. The molecule has 0 saturated heterocycles. The predicted octanol–water partition coefficient (Wildman–Crippen LogP) is 2.38. The summed E-state index contributed by atoms with van der Waals surface area (Å²) in [6, 6.07) is 9.70. The van der Waals surface area contributed by atoms with E-state index in [0.717, 1.165) is 5.56 Å². The summed E-state index contributed by atoms with van der Waals surface area (Å²) >= 11 is 0. The predicted molar refractivity (Wildman–Crippen MR) is 59.4 cm³/mol. The molecule has 2 N–H and O–H groups in total. The molecule has 16 heavy (non-hydrogen) atoms. The first-order valence-electron chi connectivity index (χ1n) is 4.83. The Hall–Kier alpha value is -2.10. The highest BCUT2D eigenvalue weighted by molar-refractivity contribution is 5.44. The van der Waals surface area contributed by atoms with Crippen molar-refractivity contribution in [3.63, 3.8) is 0 Å². The summed E-state index contributed by atoms with van der Waals surface area (Å²) in [6.45, 7) is 0.271. The first-order valence-corrected chi connectivity index (χ1v) is 4.83.